The van der Waals surface area contributed by atoms with Crippen LogP contribution in [0.4, 0.5) is 8.78 Å². The van der Waals surface area contributed by atoms with Crippen LogP contribution < -0.4 is 0 Å². The molecule has 0 saturated carbocycles. The van der Waals surface area contributed by atoms with E-state index in [1.54, 1.807) is 12.1 Å². The quantitative estimate of drug-likeness (QED) is 0.619. The van der Waals surface area contributed by atoms with Crippen LogP contribution in [0.2, 0.25) is 0 Å². The molecule has 5 heteroatoms. The molecule has 0 aromatic heterocycles. The average Bonchev–Trinajstić information content (AvgIpc) is 2.39. The van der Waals surface area contributed by atoms with E-state index < -0.39 is 6.17 Å². The summed E-state index contributed by atoms with van der Waals surface area (Å²) in [6.45, 7) is 1.46. The summed E-state index contributed by atoms with van der Waals surface area (Å²) in [5.41, 5.74) is 0.814. The van der Waals surface area contributed by atoms with Gasteiger partial charge in [0.25, 0.3) is 0 Å². The van der Waals surface area contributed by atoms with Crippen molar-refractivity contribution in [2.24, 2.45) is 0 Å². The molecule has 1 aromatic rings. The molecule has 1 saturated heterocycles. The zero-order valence-electron chi connectivity index (χ0n) is 10.9. The monoisotopic (exact) mass is 265 g/mol. The SMILES string of the molecule is CN1CC[C@@H](N(C#N)Cc2ccc(F)cc2)[C@@H](F)C1. The molecule has 1 aromatic carbocycles. The molecule has 1 heterocycles. The van der Waals surface area contributed by atoms with Gasteiger partial charge in [0.2, 0.25) is 0 Å². The molecule has 0 unspecified atom stereocenters. The van der Waals surface area contributed by atoms with Gasteiger partial charge in [-0.3, -0.25) is 0 Å². The predicted octanol–water partition coefficient (Wildman–Crippen LogP) is 2.15. The maximum absolute atomic E-state index is 14.0. The summed E-state index contributed by atoms with van der Waals surface area (Å²) in [4.78, 5) is 3.39. The molecule has 1 aliphatic rings. The van der Waals surface area contributed by atoms with E-state index in [-0.39, 0.29) is 11.9 Å². The van der Waals surface area contributed by atoms with Crippen molar-refractivity contribution in [3.8, 4) is 6.19 Å². The Hall–Kier alpha value is -1.67. The topological polar surface area (TPSA) is 30.3 Å². The van der Waals surface area contributed by atoms with Gasteiger partial charge in [-0.05, 0) is 31.2 Å². The van der Waals surface area contributed by atoms with Gasteiger partial charge in [0, 0.05) is 13.1 Å². The van der Waals surface area contributed by atoms with Gasteiger partial charge in [0.05, 0.1) is 12.6 Å². The van der Waals surface area contributed by atoms with Crippen LogP contribution in [-0.2, 0) is 6.54 Å². The number of benzene rings is 1. The highest BCUT2D eigenvalue weighted by atomic mass is 19.1. The molecule has 0 radical (unpaired) electrons. The Kier molecular flexibility index (Phi) is 4.33. The molecule has 0 spiro atoms. The first-order chi connectivity index (χ1) is 9.10. The summed E-state index contributed by atoms with van der Waals surface area (Å²) in [5.74, 6) is -0.310. The molecule has 19 heavy (non-hydrogen) atoms. The minimum Gasteiger partial charge on any atom is -0.303 e. The number of alkyl halides is 1. The maximum atomic E-state index is 14.0. The standard InChI is InChI=1S/C14H17F2N3/c1-18-7-6-14(13(16)9-18)19(10-17)8-11-2-4-12(15)5-3-11/h2-5,13-14H,6-9H2,1H3/t13-,14+/m0/s1. The van der Waals surface area contributed by atoms with Crippen LogP contribution in [0.3, 0.4) is 0 Å². The fraction of sp³-hybridized carbons (Fsp3) is 0.500. The van der Waals surface area contributed by atoms with E-state index in [4.69, 9.17) is 0 Å². The van der Waals surface area contributed by atoms with Crippen molar-refractivity contribution in [1.82, 2.24) is 9.80 Å². The summed E-state index contributed by atoms with van der Waals surface area (Å²) in [7, 11) is 1.87. The number of rotatable bonds is 3. The Morgan fingerprint density at radius 3 is 2.68 bits per heavy atom. The van der Waals surface area contributed by atoms with Gasteiger partial charge in [-0.15, -0.1) is 0 Å². The normalized spacial score (nSPS) is 23.9. The summed E-state index contributed by atoms with van der Waals surface area (Å²) in [6, 6.07) is 5.58. The van der Waals surface area contributed by atoms with E-state index >= 15 is 0 Å². The Balaban J connectivity index is 2.04. The van der Waals surface area contributed by atoms with E-state index in [1.165, 1.54) is 17.0 Å². The molecule has 2 rings (SSSR count). The molecule has 102 valence electrons. The molecule has 0 aliphatic carbocycles. The van der Waals surface area contributed by atoms with Crippen molar-refractivity contribution in [2.45, 2.75) is 25.2 Å². The van der Waals surface area contributed by atoms with Crippen molar-refractivity contribution in [1.29, 1.82) is 5.26 Å². The highest BCUT2D eigenvalue weighted by Crippen LogP contribution is 2.20. The largest absolute Gasteiger partial charge is 0.303 e. The predicted molar refractivity (Wildman–Crippen MR) is 68.4 cm³/mol. The zero-order chi connectivity index (χ0) is 13.8. The third kappa shape index (κ3) is 3.42. The van der Waals surface area contributed by atoms with Gasteiger partial charge in [0.1, 0.15) is 12.0 Å². The first-order valence-electron chi connectivity index (χ1n) is 6.33. The molecule has 0 bridgehead atoms. The minimum atomic E-state index is -1.03. The second kappa shape index (κ2) is 5.98. The molecule has 3 nitrogen and oxygen atoms in total. The summed E-state index contributed by atoms with van der Waals surface area (Å²) in [6.07, 6.45) is 1.66. The van der Waals surface area contributed by atoms with Crippen LogP contribution in [0.15, 0.2) is 24.3 Å². The van der Waals surface area contributed by atoms with E-state index in [2.05, 4.69) is 6.19 Å². The van der Waals surface area contributed by atoms with E-state index in [0.717, 1.165) is 12.1 Å². The van der Waals surface area contributed by atoms with Crippen LogP contribution in [0.1, 0.15) is 12.0 Å². The van der Waals surface area contributed by atoms with Gasteiger partial charge in [-0.2, -0.15) is 5.26 Å². The third-order valence-electron chi connectivity index (χ3n) is 3.51. The van der Waals surface area contributed by atoms with Crippen LogP contribution in [0.25, 0.3) is 0 Å². The smallest absolute Gasteiger partial charge is 0.179 e. The highest BCUT2D eigenvalue weighted by molar-refractivity contribution is 5.16. The van der Waals surface area contributed by atoms with Crippen molar-refractivity contribution in [3.63, 3.8) is 0 Å². The molecule has 1 fully saturated rings. The molecular weight excluding hydrogens is 248 g/mol. The average molecular weight is 265 g/mol. The molecule has 1 aliphatic heterocycles. The zero-order valence-corrected chi connectivity index (χ0v) is 10.9. The first-order valence-corrected chi connectivity index (χ1v) is 6.33. The lowest BCUT2D eigenvalue weighted by molar-refractivity contribution is 0.0693. The maximum Gasteiger partial charge on any atom is 0.179 e. The van der Waals surface area contributed by atoms with E-state index in [1.807, 2.05) is 11.9 Å². The molecule has 0 amide bonds. The van der Waals surface area contributed by atoms with Gasteiger partial charge in [-0.1, -0.05) is 12.1 Å². The van der Waals surface area contributed by atoms with Crippen molar-refractivity contribution in [3.05, 3.63) is 35.6 Å². The number of nitriles is 1. The third-order valence-corrected chi connectivity index (χ3v) is 3.51. The number of hydrogen-bond donors (Lipinski definition) is 0. The van der Waals surface area contributed by atoms with Gasteiger partial charge in [0.15, 0.2) is 6.19 Å². The number of piperidine rings is 1. The summed E-state index contributed by atoms with van der Waals surface area (Å²) < 4.78 is 26.8. The van der Waals surface area contributed by atoms with Crippen molar-refractivity contribution >= 4 is 0 Å². The lowest BCUT2D eigenvalue weighted by atomic mass is 10.0. The fourth-order valence-corrected chi connectivity index (χ4v) is 2.41. The molecule has 2 atom stereocenters. The number of likely N-dealkylation sites (tertiary alicyclic amines) is 1. The highest BCUT2D eigenvalue weighted by Gasteiger charge is 2.32. The molecule has 0 N–H and O–H groups in total. The second-order valence-electron chi connectivity index (χ2n) is 4.99. The summed E-state index contributed by atoms with van der Waals surface area (Å²) >= 11 is 0. The van der Waals surface area contributed by atoms with Gasteiger partial charge < -0.3 is 9.80 Å². The number of nitrogens with zero attached hydrogens (tertiary/aromatic N) is 3. The second-order valence-corrected chi connectivity index (χ2v) is 4.99. The Labute approximate surface area is 112 Å². The summed E-state index contributed by atoms with van der Waals surface area (Å²) in [5, 5.41) is 9.20. The lowest BCUT2D eigenvalue weighted by Gasteiger charge is -2.36. The first kappa shape index (κ1) is 13.8. The van der Waals surface area contributed by atoms with Crippen LogP contribution in [-0.4, -0.2) is 42.2 Å². The molecular formula is C14H17F2N3. The van der Waals surface area contributed by atoms with E-state index in [0.29, 0.717) is 19.5 Å². The Morgan fingerprint density at radius 2 is 2.11 bits per heavy atom. The van der Waals surface area contributed by atoms with Gasteiger partial charge >= 0.3 is 0 Å². The van der Waals surface area contributed by atoms with Gasteiger partial charge in [-0.25, -0.2) is 8.78 Å². The fourth-order valence-electron chi connectivity index (χ4n) is 2.41. The minimum absolute atomic E-state index is 0.310. The van der Waals surface area contributed by atoms with Crippen LogP contribution in [0.5, 0.6) is 0 Å². The van der Waals surface area contributed by atoms with Crippen LogP contribution in [0, 0.1) is 17.3 Å². The number of halogens is 2. The van der Waals surface area contributed by atoms with Crippen molar-refractivity contribution in [2.75, 3.05) is 20.1 Å². The van der Waals surface area contributed by atoms with Crippen LogP contribution >= 0.6 is 0 Å². The lowest BCUT2D eigenvalue weighted by Crippen LogP contribution is -2.49. The van der Waals surface area contributed by atoms with E-state index in [9.17, 15) is 14.0 Å². The Bertz CT molecular complexity index is 455. The van der Waals surface area contributed by atoms with Crippen molar-refractivity contribution < 1.29 is 8.78 Å². The number of hydrogen-bond acceptors (Lipinski definition) is 3. The Morgan fingerprint density at radius 1 is 1.42 bits per heavy atom.